The fourth-order valence-corrected chi connectivity index (χ4v) is 3.80. The Hall–Kier alpha value is -4.12. The van der Waals surface area contributed by atoms with E-state index in [4.69, 9.17) is 5.73 Å². The molecule has 140 valence electrons. The Kier molecular flexibility index (Phi) is 3.81. The van der Waals surface area contributed by atoms with Gasteiger partial charge in [0.2, 0.25) is 0 Å². The molecule has 4 N–H and O–H groups in total. The molecule has 2 aromatic heterocycles. The van der Waals surface area contributed by atoms with Crippen molar-refractivity contribution in [3.05, 3.63) is 84.7 Å². The van der Waals surface area contributed by atoms with Crippen LogP contribution in [0.2, 0.25) is 0 Å². The van der Waals surface area contributed by atoms with Crippen LogP contribution >= 0.6 is 0 Å². The van der Waals surface area contributed by atoms with Crippen LogP contribution in [0.5, 0.6) is 0 Å². The van der Waals surface area contributed by atoms with Crippen LogP contribution in [-0.2, 0) is 0 Å². The van der Waals surface area contributed by atoms with E-state index in [1.807, 2.05) is 30.6 Å². The molecule has 0 fully saturated rings. The van der Waals surface area contributed by atoms with E-state index in [-0.39, 0.29) is 5.56 Å². The molecule has 0 radical (unpaired) electrons. The number of fused-ring (bicyclic) bond motifs is 2. The first kappa shape index (κ1) is 17.0. The topological polar surface area (TPSA) is 92.0 Å². The minimum atomic E-state index is -1.01. The van der Waals surface area contributed by atoms with Crippen molar-refractivity contribution in [3.63, 3.8) is 0 Å². The summed E-state index contributed by atoms with van der Waals surface area (Å²) in [6.07, 6.45) is 3.69. The number of H-pyrrole nitrogens is 1. The third kappa shape index (κ3) is 2.89. The number of anilines is 1. The minimum Gasteiger partial charge on any atom is -0.478 e. The van der Waals surface area contributed by atoms with E-state index in [9.17, 15) is 9.90 Å². The second-order valence-corrected chi connectivity index (χ2v) is 7.00. The Bertz CT molecular complexity index is 1400. The number of aromatic carboxylic acids is 1. The van der Waals surface area contributed by atoms with Gasteiger partial charge in [0, 0.05) is 34.6 Å². The number of aromatic nitrogens is 2. The van der Waals surface area contributed by atoms with Gasteiger partial charge < -0.3 is 15.8 Å². The van der Waals surface area contributed by atoms with Crippen LogP contribution in [0.4, 0.5) is 5.69 Å². The highest BCUT2D eigenvalue weighted by Crippen LogP contribution is 2.34. The normalized spacial score (nSPS) is 11.2. The van der Waals surface area contributed by atoms with Crippen molar-refractivity contribution in [2.24, 2.45) is 0 Å². The van der Waals surface area contributed by atoms with Crippen molar-refractivity contribution in [1.82, 2.24) is 9.97 Å². The standard InChI is InChI=1S/C24H17N3O2/c25-18-9-15(8-16(10-18)24(28)29)22-13-27-23-21(22)11-17(12-26-23)20-7-3-5-14-4-1-2-6-19(14)20/h1-13H,25H2,(H,26,27)(H,28,29). The molecule has 0 saturated heterocycles. The van der Waals surface area contributed by atoms with Gasteiger partial charge in [0.05, 0.1) is 5.56 Å². The van der Waals surface area contributed by atoms with Crippen molar-refractivity contribution in [3.8, 4) is 22.3 Å². The van der Waals surface area contributed by atoms with Crippen LogP contribution in [0, 0.1) is 0 Å². The molecule has 0 unspecified atom stereocenters. The molecule has 0 aliphatic carbocycles. The maximum absolute atomic E-state index is 11.4. The van der Waals surface area contributed by atoms with Gasteiger partial charge in [-0.1, -0.05) is 42.5 Å². The molecule has 0 aliphatic rings. The van der Waals surface area contributed by atoms with E-state index < -0.39 is 5.97 Å². The molecule has 29 heavy (non-hydrogen) atoms. The number of carboxylic acids is 1. The van der Waals surface area contributed by atoms with Gasteiger partial charge in [-0.25, -0.2) is 9.78 Å². The molecule has 0 spiro atoms. The van der Waals surface area contributed by atoms with E-state index in [0.29, 0.717) is 5.69 Å². The largest absolute Gasteiger partial charge is 0.478 e. The fourth-order valence-electron chi connectivity index (χ4n) is 3.80. The van der Waals surface area contributed by atoms with Gasteiger partial charge in [0.1, 0.15) is 5.65 Å². The Morgan fingerprint density at radius 1 is 0.897 bits per heavy atom. The lowest BCUT2D eigenvalue weighted by molar-refractivity contribution is 0.0697. The average molecular weight is 379 g/mol. The lowest BCUT2D eigenvalue weighted by Gasteiger charge is -2.08. The molecule has 0 amide bonds. The van der Waals surface area contributed by atoms with Gasteiger partial charge in [-0.3, -0.25) is 0 Å². The number of rotatable bonds is 3. The summed E-state index contributed by atoms with van der Waals surface area (Å²) in [5, 5.41) is 12.6. The third-order valence-electron chi connectivity index (χ3n) is 5.15. The van der Waals surface area contributed by atoms with Crippen LogP contribution in [-0.4, -0.2) is 21.0 Å². The first-order valence-electron chi connectivity index (χ1n) is 9.20. The highest BCUT2D eigenvalue weighted by Gasteiger charge is 2.13. The summed E-state index contributed by atoms with van der Waals surface area (Å²) in [5.41, 5.74) is 11.0. The first-order valence-corrected chi connectivity index (χ1v) is 9.20. The number of nitrogens with two attached hydrogens (primary N) is 1. The van der Waals surface area contributed by atoms with E-state index in [1.54, 1.807) is 12.1 Å². The average Bonchev–Trinajstić information content (AvgIpc) is 3.16. The monoisotopic (exact) mass is 379 g/mol. The predicted molar refractivity (Wildman–Crippen MR) is 116 cm³/mol. The summed E-state index contributed by atoms with van der Waals surface area (Å²) in [6.45, 7) is 0. The number of hydrogen-bond acceptors (Lipinski definition) is 3. The number of carboxylic acid groups (broad SMARTS) is 1. The number of nitrogens with zero attached hydrogens (tertiary/aromatic N) is 1. The maximum Gasteiger partial charge on any atom is 0.335 e. The van der Waals surface area contributed by atoms with Gasteiger partial charge in [-0.2, -0.15) is 0 Å². The van der Waals surface area contributed by atoms with Crippen molar-refractivity contribution in [2.75, 3.05) is 5.73 Å². The smallest absolute Gasteiger partial charge is 0.335 e. The van der Waals surface area contributed by atoms with E-state index in [2.05, 4.69) is 40.3 Å². The molecule has 0 aliphatic heterocycles. The van der Waals surface area contributed by atoms with Crippen molar-refractivity contribution < 1.29 is 9.90 Å². The summed E-state index contributed by atoms with van der Waals surface area (Å²) in [7, 11) is 0. The zero-order valence-corrected chi connectivity index (χ0v) is 15.4. The Balaban J connectivity index is 1.72. The number of benzene rings is 3. The minimum absolute atomic E-state index is 0.160. The fraction of sp³-hybridized carbons (Fsp3) is 0. The predicted octanol–water partition coefficient (Wildman–Crippen LogP) is 5.33. The molecule has 5 rings (SSSR count). The molecule has 0 atom stereocenters. The summed E-state index contributed by atoms with van der Waals surface area (Å²) in [5.74, 6) is -1.01. The van der Waals surface area contributed by atoms with Crippen LogP contribution in [0.25, 0.3) is 44.1 Å². The molecule has 0 bridgehead atoms. The number of hydrogen-bond donors (Lipinski definition) is 3. The van der Waals surface area contributed by atoms with E-state index in [0.717, 1.165) is 38.7 Å². The molecule has 5 nitrogen and oxygen atoms in total. The molecule has 5 heteroatoms. The number of nitrogens with one attached hydrogen (secondary N) is 1. The van der Waals surface area contributed by atoms with Crippen molar-refractivity contribution in [1.29, 1.82) is 0 Å². The number of pyridine rings is 1. The number of carbonyl (C=O) groups is 1. The first-order chi connectivity index (χ1) is 14.1. The molecule has 3 aromatic carbocycles. The van der Waals surface area contributed by atoms with Gasteiger partial charge in [-0.05, 0) is 46.2 Å². The summed E-state index contributed by atoms with van der Waals surface area (Å²) in [4.78, 5) is 19.2. The Labute approximate surface area is 166 Å². The van der Waals surface area contributed by atoms with Crippen molar-refractivity contribution >= 4 is 33.5 Å². The molecule has 2 heterocycles. The van der Waals surface area contributed by atoms with Gasteiger partial charge >= 0.3 is 5.97 Å². The van der Waals surface area contributed by atoms with E-state index in [1.165, 1.54) is 11.5 Å². The van der Waals surface area contributed by atoms with Crippen LogP contribution < -0.4 is 5.73 Å². The zero-order valence-electron chi connectivity index (χ0n) is 15.4. The second kappa shape index (κ2) is 6.49. The highest BCUT2D eigenvalue weighted by molar-refractivity contribution is 6.01. The quantitative estimate of drug-likeness (QED) is 0.369. The molecule has 0 saturated carbocycles. The van der Waals surface area contributed by atoms with Crippen LogP contribution in [0.1, 0.15) is 10.4 Å². The van der Waals surface area contributed by atoms with Crippen LogP contribution in [0.15, 0.2) is 79.1 Å². The third-order valence-corrected chi connectivity index (χ3v) is 5.15. The SMILES string of the molecule is Nc1cc(C(=O)O)cc(-c2c[nH]c3ncc(-c4cccc5ccccc45)cc23)c1. The number of aromatic amines is 1. The van der Waals surface area contributed by atoms with Crippen molar-refractivity contribution in [2.45, 2.75) is 0 Å². The number of nitrogen functional groups attached to an aromatic ring is 1. The molecule has 5 aromatic rings. The van der Waals surface area contributed by atoms with Gasteiger partial charge in [0.15, 0.2) is 0 Å². The maximum atomic E-state index is 11.4. The van der Waals surface area contributed by atoms with Gasteiger partial charge in [0.25, 0.3) is 0 Å². The second-order valence-electron chi connectivity index (χ2n) is 7.00. The Morgan fingerprint density at radius 3 is 2.59 bits per heavy atom. The highest BCUT2D eigenvalue weighted by atomic mass is 16.4. The zero-order chi connectivity index (χ0) is 20.0. The lowest BCUT2D eigenvalue weighted by atomic mass is 9.97. The molecular formula is C24H17N3O2. The Morgan fingerprint density at radius 2 is 1.72 bits per heavy atom. The lowest BCUT2D eigenvalue weighted by Crippen LogP contribution is -1.98. The summed E-state index contributed by atoms with van der Waals surface area (Å²) >= 11 is 0. The van der Waals surface area contributed by atoms with Gasteiger partial charge in [-0.15, -0.1) is 0 Å². The summed E-state index contributed by atoms with van der Waals surface area (Å²) < 4.78 is 0. The van der Waals surface area contributed by atoms with Crippen LogP contribution in [0.3, 0.4) is 0 Å². The van der Waals surface area contributed by atoms with E-state index >= 15 is 0 Å². The summed E-state index contributed by atoms with van der Waals surface area (Å²) in [6, 6.07) is 21.4. The molecular weight excluding hydrogens is 362 g/mol.